The van der Waals surface area contributed by atoms with Crippen LogP contribution < -0.4 is 14.8 Å². The minimum absolute atomic E-state index is 0.296. The standard InChI is InChI=1S/C24H28N2O5/c1-6-15(2)16-7-9-17(10-8-16)19(27)14-26-22(28)24(3,25-23(26)29)18-11-12-20(30-4)21(13-18)31-5/h7-13,15H,6,14H2,1-5H3,(H,25,29). The molecule has 1 N–H and O–H groups in total. The van der Waals surface area contributed by atoms with Gasteiger partial charge in [0.1, 0.15) is 5.54 Å². The number of imide groups is 1. The van der Waals surface area contributed by atoms with E-state index >= 15 is 0 Å². The molecule has 2 atom stereocenters. The number of amides is 3. The monoisotopic (exact) mass is 424 g/mol. The average Bonchev–Trinajstić information content (AvgIpc) is 3.01. The molecule has 0 radical (unpaired) electrons. The molecule has 1 aliphatic rings. The van der Waals surface area contributed by atoms with Crippen molar-refractivity contribution in [2.75, 3.05) is 20.8 Å². The van der Waals surface area contributed by atoms with Crippen LogP contribution in [0.2, 0.25) is 0 Å². The number of hydrogen-bond acceptors (Lipinski definition) is 5. The predicted octanol–water partition coefficient (Wildman–Crippen LogP) is 3.87. The normalized spacial score (nSPS) is 19.2. The van der Waals surface area contributed by atoms with Gasteiger partial charge in [-0.1, -0.05) is 44.2 Å². The number of Topliss-reactive ketones (excluding diaryl/α,β-unsaturated/α-hetero) is 1. The Bertz CT molecular complexity index is 1000. The van der Waals surface area contributed by atoms with Crippen LogP contribution in [0.25, 0.3) is 0 Å². The summed E-state index contributed by atoms with van der Waals surface area (Å²) in [6.45, 7) is 5.52. The van der Waals surface area contributed by atoms with E-state index in [9.17, 15) is 14.4 Å². The summed E-state index contributed by atoms with van der Waals surface area (Å²) in [7, 11) is 3.01. The second kappa shape index (κ2) is 8.79. The van der Waals surface area contributed by atoms with Gasteiger partial charge >= 0.3 is 6.03 Å². The van der Waals surface area contributed by atoms with E-state index in [4.69, 9.17) is 9.47 Å². The fourth-order valence-corrected chi connectivity index (χ4v) is 3.65. The van der Waals surface area contributed by atoms with Gasteiger partial charge in [0.2, 0.25) is 0 Å². The number of carbonyl (C=O) groups is 3. The van der Waals surface area contributed by atoms with E-state index in [2.05, 4.69) is 19.2 Å². The molecule has 1 fully saturated rings. The molecule has 1 saturated heterocycles. The number of hydrogen-bond donors (Lipinski definition) is 1. The number of nitrogens with zero attached hydrogens (tertiary/aromatic N) is 1. The van der Waals surface area contributed by atoms with E-state index in [0.717, 1.165) is 16.9 Å². The lowest BCUT2D eigenvalue weighted by Crippen LogP contribution is -2.41. The first kappa shape index (κ1) is 22.3. The van der Waals surface area contributed by atoms with Crippen molar-refractivity contribution in [2.45, 2.75) is 38.6 Å². The predicted molar refractivity (Wildman–Crippen MR) is 117 cm³/mol. The minimum Gasteiger partial charge on any atom is -0.493 e. The lowest BCUT2D eigenvalue weighted by atomic mass is 9.91. The number of ether oxygens (including phenoxy) is 2. The number of carbonyl (C=O) groups excluding carboxylic acids is 3. The highest BCUT2D eigenvalue weighted by atomic mass is 16.5. The van der Waals surface area contributed by atoms with Crippen LogP contribution in [0.3, 0.4) is 0 Å². The minimum atomic E-state index is -1.31. The number of urea groups is 1. The Morgan fingerprint density at radius 1 is 1.06 bits per heavy atom. The van der Waals surface area contributed by atoms with Crippen LogP contribution in [-0.2, 0) is 10.3 Å². The van der Waals surface area contributed by atoms with Crippen LogP contribution >= 0.6 is 0 Å². The summed E-state index contributed by atoms with van der Waals surface area (Å²) in [5, 5.41) is 2.71. The van der Waals surface area contributed by atoms with Crippen molar-refractivity contribution in [3.05, 3.63) is 59.2 Å². The zero-order valence-electron chi connectivity index (χ0n) is 18.5. The molecule has 31 heavy (non-hydrogen) atoms. The SMILES string of the molecule is CCC(C)c1ccc(C(=O)CN2C(=O)NC(C)(c3ccc(OC)c(OC)c3)C2=O)cc1. The first-order chi connectivity index (χ1) is 14.7. The van der Waals surface area contributed by atoms with E-state index in [1.54, 1.807) is 37.3 Å². The summed E-state index contributed by atoms with van der Waals surface area (Å²) in [5.41, 5.74) is 0.843. The van der Waals surface area contributed by atoms with Gasteiger partial charge in [-0.05, 0) is 42.5 Å². The van der Waals surface area contributed by atoms with Crippen molar-refractivity contribution in [2.24, 2.45) is 0 Å². The van der Waals surface area contributed by atoms with Crippen LogP contribution in [-0.4, -0.2) is 43.4 Å². The van der Waals surface area contributed by atoms with Crippen LogP contribution in [0.4, 0.5) is 4.79 Å². The Morgan fingerprint density at radius 2 is 1.71 bits per heavy atom. The number of nitrogens with one attached hydrogen (secondary N) is 1. The van der Waals surface area contributed by atoms with Crippen molar-refractivity contribution in [3.8, 4) is 11.5 Å². The first-order valence-electron chi connectivity index (χ1n) is 10.2. The maximum atomic E-state index is 13.2. The quantitative estimate of drug-likeness (QED) is 0.514. The third-order valence-electron chi connectivity index (χ3n) is 5.95. The van der Waals surface area contributed by atoms with Gasteiger partial charge in [-0.2, -0.15) is 0 Å². The van der Waals surface area contributed by atoms with E-state index in [1.165, 1.54) is 14.2 Å². The maximum absolute atomic E-state index is 13.2. The van der Waals surface area contributed by atoms with Gasteiger partial charge in [-0.25, -0.2) is 4.79 Å². The van der Waals surface area contributed by atoms with E-state index in [0.29, 0.717) is 28.5 Å². The Labute approximate surface area is 182 Å². The Morgan fingerprint density at radius 3 is 2.29 bits per heavy atom. The van der Waals surface area contributed by atoms with E-state index in [-0.39, 0.29) is 12.3 Å². The molecule has 2 unspecified atom stereocenters. The molecule has 0 saturated carbocycles. The third-order valence-corrected chi connectivity index (χ3v) is 5.95. The fraction of sp³-hybridized carbons (Fsp3) is 0.375. The lowest BCUT2D eigenvalue weighted by molar-refractivity contribution is -0.130. The molecule has 1 heterocycles. The number of methoxy groups -OCH3 is 2. The van der Waals surface area contributed by atoms with Crippen LogP contribution in [0.5, 0.6) is 11.5 Å². The second-order valence-corrected chi connectivity index (χ2v) is 7.87. The second-order valence-electron chi connectivity index (χ2n) is 7.87. The van der Waals surface area contributed by atoms with Gasteiger partial charge < -0.3 is 14.8 Å². The molecule has 2 aromatic rings. The molecule has 0 bridgehead atoms. The third kappa shape index (κ3) is 4.13. The van der Waals surface area contributed by atoms with Crippen molar-refractivity contribution in [3.63, 3.8) is 0 Å². The Kier molecular flexibility index (Phi) is 6.34. The molecule has 1 aliphatic heterocycles. The smallest absolute Gasteiger partial charge is 0.325 e. The molecule has 0 spiro atoms. The molecular weight excluding hydrogens is 396 g/mol. The summed E-state index contributed by atoms with van der Waals surface area (Å²) >= 11 is 0. The van der Waals surface area contributed by atoms with Crippen molar-refractivity contribution >= 4 is 17.7 Å². The zero-order valence-corrected chi connectivity index (χ0v) is 18.5. The molecule has 0 aliphatic carbocycles. The number of ketones is 1. The summed E-state index contributed by atoms with van der Waals surface area (Å²) < 4.78 is 10.5. The topological polar surface area (TPSA) is 84.9 Å². The van der Waals surface area contributed by atoms with Gasteiger partial charge in [0, 0.05) is 5.56 Å². The van der Waals surface area contributed by atoms with Gasteiger partial charge in [-0.3, -0.25) is 14.5 Å². The highest BCUT2D eigenvalue weighted by molar-refractivity contribution is 6.11. The van der Waals surface area contributed by atoms with Crippen molar-refractivity contribution < 1.29 is 23.9 Å². The molecule has 2 aromatic carbocycles. The zero-order chi connectivity index (χ0) is 22.8. The van der Waals surface area contributed by atoms with Crippen LogP contribution in [0.15, 0.2) is 42.5 Å². The molecule has 0 aromatic heterocycles. The van der Waals surface area contributed by atoms with Gasteiger partial charge in [0.25, 0.3) is 5.91 Å². The van der Waals surface area contributed by atoms with Gasteiger partial charge in [0.15, 0.2) is 17.3 Å². The maximum Gasteiger partial charge on any atom is 0.325 e. The molecular formula is C24H28N2O5. The molecule has 3 rings (SSSR count). The average molecular weight is 424 g/mol. The summed E-state index contributed by atoms with van der Waals surface area (Å²) in [6, 6.07) is 11.7. The number of benzene rings is 2. The Balaban J connectivity index is 1.80. The first-order valence-corrected chi connectivity index (χ1v) is 10.2. The largest absolute Gasteiger partial charge is 0.493 e. The summed E-state index contributed by atoms with van der Waals surface area (Å²) in [6.07, 6.45) is 1.00. The fourth-order valence-electron chi connectivity index (χ4n) is 3.65. The summed E-state index contributed by atoms with van der Waals surface area (Å²) in [4.78, 5) is 39.5. The lowest BCUT2D eigenvalue weighted by Gasteiger charge is -2.23. The van der Waals surface area contributed by atoms with E-state index in [1.807, 2.05) is 12.1 Å². The van der Waals surface area contributed by atoms with Crippen LogP contribution in [0.1, 0.15) is 54.6 Å². The van der Waals surface area contributed by atoms with E-state index < -0.39 is 17.5 Å². The number of rotatable bonds is 8. The molecule has 3 amide bonds. The van der Waals surface area contributed by atoms with Crippen molar-refractivity contribution in [1.29, 1.82) is 0 Å². The van der Waals surface area contributed by atoms with Gasteiger partial charge in [0.05, 0.1) is 20.8 Å². The summed E-state index contributed by atoms with van der Waals surface area (Å²) in [5.74, 6) is 0.570. The molecule has 164 valence electrons. The van der Waals surface area contributed by atoms with Crippen molar-refractivity contribution in [1.82, 2.24) is 10.2 Å². The highest BCUT2D eigenvalue weighted by Gasteiger charge is 2.49. The van der Waals surface area contributed by atoms with Crippen LogP contribution in [0, 0.1) is 0 Å². The molecule has 7 nitrogen and oxygen atoms in total. The molecule has 7 heteroatoms. The Hall–Kier alpha value is -3.35. The highest BCUT2D eigenvalue weighted by Crippen LogP contribution is 2.35. The van der Waals surface area contributed by atoms with Gasteiger partial charge in [-0.15, -0.1) is 0 Å².